The van der Waals surface area contributed by atoms with Crippen LogP contribution in [-0.2, 0) is 41.8 Å². The van der Waals surface area contributed by atoms with Crippen molar-refractivity contribution in [1.82, 2.24) is 0 Å². The van der Waals surface area contributed by atoms with Gasteiger partial charge in [-0.3, -0.25) is 23.2 Å². The van der Waals surface area contributed by atoms with Crippen molar-refractivity contribution in [2.45, 2.75) is 154 Å². The number of carbonyl (C=O) groups is 2. The highest BCUT2D eigenvalue weighted by Gasteiger charge is 2.28. The van der Waals surface area contributed by atoms with Crippen LogP contribution in [-0.4, -0.2) is 81.6 Å². The van der Waals surface area contributed by atoms with E-state index < -0.39 is 72.3 Å². The molecule has 0 saturated carbocycles. The Morgan fingerprint density at radius 1 is 0.550 bits per heavy atom. The Kier molecular flexibility index (Phi) is 37.3. The van der Waals surface area contributed by atoms with E-state index in [1.165, 1.54) is 38.5 Å². The number of rotatable bonds is 39. The Hall–Kier alpha value is -2.74. The van der Waals surface area contributed by atoms with Gasteiger partial charge in [-0.25, -0.2) is 9.13 Å². The number of aliphatic hydroxyl groups excluding tert-OH is 2. The molecule has 0 spiro atoms. The van der Waals surface area contributed by atoms with E-state index in [-0.39, 0.29) is 12.8 Å². The van der Waals surface area contributed by atoms with Crippen LogP contribution in [0, 0.1) is 0 Å². The normalized spacial score (nSPS) is 15.4. The Morgan fingerprint density at radius 2 is 1.05 bits per heavy atom. The zero-order valence-electron chi connectivity index (χ0n) is 35.9. The fourth-order valence-electron chi connectivity index (χ4n) is 5.01. The van der Waals surface area contributed by atoms with E-state index in [1.807, 2.05) is 36.5 Å². The molecular weight excluding hydrogens is 814 g/mol. The van der Waals surface area contributed by atoms with Crippen LogP contribution in [0.15, 0.2) is 85.1 Å². The Bertz CT molecular complexity index is 1400. The summed E-state index contributed by atoms with van der Waals surface area (Å²) in [6, 6.07) is 0. The molecule has 0 aromatic rings. The lowest BCUT2D eigenvalue weighted by atomic mass is 10.1. The Morgan fingerprint density at radius 3 is 1.65 bits per heavy atom. The zero-order chi connectivity index (χ0) is 44.6. The van der Waals surface area contributed by atoms with Gasteiger partial charge in [-0.15, -0.1) is 0 Å². The van der Waals surface area contributed by atoms with Crippen LogP contribution in [0.3, 0.4) is 0 Å². The largest absolute Gasteiger partial charge is 0.472 e. The average Bonchev–Trinajstić information content (AvgIpc) is 3.20. The molecule has 0 aromatic carbocycles. The minimum Gasteiger partial charge on any atom is -0.462 e. The van der Waals surface area contributed by atoms with Crippen LogP contribution in [0.1, 0.15) is 136 Å². The molecule has 0 saturated heterocycles. The molecule has 60 heavy (non-hydrogen) atoms. The monoisotopic (exact) mass is 888 g/mol. The molecule has 0 bridgehead atoms. The Labute approximate surface area is 359 Å². The maximum Gasteiger partial charge on any atom is 0.472 e. The molecule has 14 nitrogen and oxygen atoms in total. The molecule has 0 rings (SSSR count). The highest BCUT2D eigenvalue weighted by atomic mass is 31.2. The molecule has 0 radical (unpaired) electrons. The predicted molar refractivity (Wildman–Crippen MR) is 236 cm³/mol. The van der Waals surface area contributed by atoms with E-state index in [0.29, 0.717) is 32.1 Å². The van der Waals surface area contributed by atoms with Crippen molar-refractivity contribution in [2.75, 3.05) is 26.4 Å². The minimum absolute atomic E-state index is 0.00866. The van der Waals surface area contributed by atoms with Gasteiger partial charge in [0.15, 0.2) is 6.10 Å². The van der Waals surface area contributed by atoms with Crippen LogP contribution in [0.25, 0.3) is 0 Å². The van der Waals surface area contributed by atoms with E-state index in [0.717, 1.165) is 38.5 Å². The molecule has 0 aliphatic rings. The first-order valence-corrected chi connectivity index (χ1v) is 24.4. The van der Waals surface area contributed by atoms with Crippen molar-refractivity contribution in [1.29, 1.82) is 0 Å². The van der Waals surface area contributed by atoms with Crippen LogP contribution in [0.2, 0.25) is 0 Å². The van der Waals surface area contributed by atoms with E-state index >= 15 is 0 Å². The second-order valence-electron chi connectivity index (χ2n) is 14.1. The third-order valence-corrected chi connectivity index (χ3v) is 9.76. The smallest absolute Gasteiger partial charge is 0.462 e. The lowest BCUT2D eigenvalue weighted by Gasteiger charge is -2.20. The summed E-state index contributed by atoms with van der Waals surface area (Å²) in [5, 5.41) is 19.8. The van der Waals surface area contributed by atoms with Crippen molar-refractivity contribution in [3.8, 4) is 0 Å². The van der Waals surface area contributed by atoms with E-state index in [4.69, 9.17) is 23.8 Å². The number of phosphoric ester groups is 2. The number of allylic oxidation sites excluding steroid dienone is 12. The molecule has 344 valence electrons. The molecule has 16 heteroatoms. The van der Waals surface area contributed by atoms with Gasteiger partial charge >= 0.3 is 27.6 Å². The standard InChI is InChI=1S/C44H74O14P2/c1-3-5-7-9-11-12-13-14-15-16-17-18-22-26-30-34-43(47)54-38-42(39-57-60(52,53)56-37-41(46)36-55-59(49,50)51)58-44(48)35-31-27-23-19-21-25-29-33-40(45)32-28-24-20-10-8-6-4-2/h11-12,14-15,17-20,23-25,28-29,32,40-42,45-46H,3-10,13,16,21-22,26-27,30-31,33-39H2,1-2H3,(H,52,53)(H2,49,50,51)/b12-11-,15-14-,18-17-,23-19+,24-20-,29-25-,32-28-/t40-,41-,42+/m0/s1. The molecule has 0 fully saturated rings. The lowest BCUT2D eigenvalue weighted by molar-refractivity contribution is -0.161. The molecule has 0 aliphatic carbocycles. The first-order chi connectivity index (χ1) is 28.8. The fourth-order valence-corrected chi connectivity index (χ4v) is 6.17. The van der Waals surface area contributed by atoms with Crippen LogP contribution >= 0.6 is 15.6 Å². The maximum absolute atomic E-state index is 12.6. The number of aliphatic hydroxyl groups is 2. The second kappa shape index (κ2) is 39.1. The minimum atomic E-state index is -4.88. The molecule has 0 amide bonds. The highest BCUT2D eigenvalue weighted by molar-refractivity contribution is 7.47. The zero-order valence-corrected chi connectivity index (χ0v) is 37.7. The van der Waals surface area contributed by atoms with Crippen LogP contribution < -0.4 is 0 Å². The van der Waals surface area contributed by atoms with Crippen molar-refractivity contribution in [3.05, 3.63) is 85.1 Å². The molecule has 5 N–H and O–H groups in total. The summed E-state index contributed by atoms with van der Waals surface area (Å²) in [6.45, 7) is 1.48. The van der Waals surface area contributed by atoms with Crippen molar-refractivity contribution in [2.24, 2.45) is 0 Å². The quantitative estimate of drug-likeness (QED) is 0.0128. The van der Waals surface area contributed by atoms with Crippen molar-refractivity contribution >= 4 is 27.6 Å². The lowest BCUT2D eigenvalue weighted by Crippen LogP contribution is -2.29. The van der Waals surface area contributed by atoms with Gasteiger partial charge in [-0.2, -0.15) is 0 Å². The summed E-state index contributed by atoms with van der Waals surface area (Å²) >= 11 is 0. The van der Waals surface area contributed by atoms with Gasteiger partial charge in [0.2, 0.25) is 0 Å². The number of hydrogen-bond acceptors (Lipinski definition) is 11. The molecule has 1 unspecified atom stereocenters. The highest BCUT2D eigenvalue weighted by Crippen LogP contribution is 2.43. The summed E-state index contributed by atoms with van der Waals surface area (Å²) in [5.74, 6) is -1.19. The second-order valence-corrected chi connectivity index (χ2v) is 16.8. The van der Waals surface area contributed by atoms with E-state index in [2.05, 4.69) is 65.4 Å². The van der Waals surface area contributed by atoms with Gasteiger partial charge in [0.25, 0.3) is 0 Å². The number of unbranched alkanes of at least 4 members (excludes halogenated alkanes) is 9. The van der Waals surface area contributed by atoms with Crippen LogP contribution in [0.5, 0.6) is 0 Å². The third kappa shape index (κ3) is 42.0. The van der Waals surface area contributed by atoms with Gasteiger partial charge in [-0.05, 0) is 83.5 Å². The fraction of sp³-hybridized carbons (Fsp3) is 0.636. The number of hydrogen-bond donors (Lipinski definition) is 5. The van der Waals surface area contributed by atoms with Crippen molar-refractivity contribution < 1.29 is 66.7 Å². The number of phosphoric acid groups is 2. The summed E-state index contributed by atoms with van der Waals surface area (Å²) in [6.07, 6.45) is 40.4. The number of ether oxygens (including phenoxy) is 2. The molecule has 0 aromatic heterocycles. The topological polar surface area (TPSA) is 216 Å². The maximum atomic E-state index is 12.6. The number of carbonyl (C=O) groups excluding carboxylic acids is 2. The van der Waals surface area contributed by atoms with Gasteiger partial charge in [0.05, 0.1) is 25.9 Å². The van der Waals surface area contributed by atoms with Gasteiger partial charge in [-0.1, -0.05) is 125 Å². The molecule has 0 heterocycles. The predicted octanol–water partition coefficient (Wildman–Crippen LogP) is 9.75. The van der Waals surface area contributed by atoms with Gasteiger partial charge in [0, 0.05) is 12.8 Å². The van der Waals surface area contributed by atoms with E-state index in [1.54, 1.807) is 6.08 Å². The first-order valence-electron chi connectivity index (χ1n) is 21.4. The van der Waals surface area contributed by atoms with Crippen LogP contribution in [0.4, 0.5) is 0 Å². The van der Waals surface area contributed by atoms with Gasteiger partial charge < -0.3 is 34.4 Å². The van der Waals surface area contributed by atoms with E-state index in [9.17, 15) is 33.8 Å². The first kappa shape index (κ1) is 57.3. The summed E-state index contributed by atoms with van der Waals surface area (Å²) in [4.78, 5) is 52.6. The summed E-state index contributed by atoms with van der Waals surface area (Å²) in [7, 11) is -9.73. The third-order valence-electron chi connectivity index (χ3n) is 8.33. The number of esters is 2. The Balaban J connectivity index is 4.77. The summed E-state index contributed by atoms with van der Waals surface area (Å²) in [5.41, 5.74) is 0. The van der Waals surface area contributed by atoms with Gasteiger partial charge in [0.1, 0.15) is 12.7 Å². The SMILES string of the molecule is CCCCC/C=C\C=C/[C@H](O)C/C=C\C/C=C/CCCC(=O)O[C@H](COC(=O)CCCC/C=C\C/C=C\C/C=C\CCCCC)COP(=O)(O)OC[C@@H](O)COP(=O)(O)O. The molecule has 4 atom stereocenters. The average molecular weight is 889 g/mol. The molecular formula is C44H74O14P2. The molecule has 0 aliphatic heterocycles. The van der Waals surface area contributed by atoms with Crippen molar-refractivity contribution in [3.63, 3.8) is 0 Å². The summed E-state index contributed by atoms with van der Waals surface area (Å²) < 4.78 is 47.6.